The van der Waals surface area contributed by atoms with E-state index in [1.807, 2.05) is 36.4 Å². The van der Waals surface area contributed by atoms with Crippen molar-refractivity contribution in [1.82, 2.24) is 10.2 Å². The first-order chi connectivity index (χ1) is 18.9. The number of nitrogens with two attached hydrogens (primary N) is 2. The topological polar surface area (TPSA) is 106 Å². The minimum atomic E-state index is -0.482. The van der Waals surface area contributed by atoms with E-state index in [1.165, 1.54) is 17.7 Å². The molecule has 0 saturated carbocycles. The predicted octanol–water partition coefficient (Wildman–Crippen LogP) is 4.67. The minimum absolute atomic E-state index is 0.0203. The van der Waals surface area contributed by atoms with Crippen molar-refractivity contribution in [3.63, 3.8) is 0 Å². The summed E-state index contributed by atoms with van der Waals surface area (Å²) in [5, 5.41) is 2.61. The van der Waals surface area contributed by atoms with E-state index in [0.717, 1.165) is 42.5 Å². The smallest absolute Gasteiger partial charge is 0.258 e. The molecule has 0 aliphatic carbocycles. The fraction of sp³-hybridized carbons (Fsp3) is 0.333. The lowest BCUT2D eigenvalue weighted by atomic mass is 9.98. The van der Waals surface area contributed by atoms with Gasteiger partial charge in [-0.05, 0) is 73.7 Å². The molecule has 0 fully saturated rings. The molecule has 3 aromatic rings. The molecule has 5 N–H and O–H groups in total. The summed E-state index contributed by atoms with van der Waals surface area (Å²) in [6.45, 7) is 3.64. The molecule has 39 heavy (non-hydrogen) atoms. The Hall–Kier alpha value is -3.27. The fourth-order valence-electron chi connectivity index (χ4n) is 4.39. The SMILES string of the molecule is COc1ccc(Br)cc1CCc1c(F)cccc1C(=O)NC(N)=NCCCCN(CCN)Cc1ccccc1. The molecule has 0 spiro atoms. The monoisotopic (exact) mass is 597 g/mol. The number of halogens is 2. The third-order valence-corrected chi connectivity index (χ3v) is 6.84. The largest absolute Gasteiger partial charge is 0.496 e. The number of hydrogen-bond donors (Lipinski definition) is 3. The number of aliphatic imine (C=N–C) groups is 1. The molecule has 3 rings (SSSR count). The Morgan fingerprint density at radius 1 is 1.05 bits per heavy atom. The van der Waals surface area contributed by atoms with Crippen molar-refractivity contribution in [2.45, 2.75) is 32.2 Å². The number of guanidine groups is 1. The molecular weight excluding hydrogens is 561 g/mol. The van der Waals surface area contributed by atoms with Crippen molar-refractivity contribution in [3.8, 4) is 5.75 Å². The molecule has 0 saturated heterocycles. The van der Waals surface area contributed by atoms with Gasteiger partial charge in [0.05, 0.1) is 7.11 Å². The van der Waals surface area contributed by atoms with E-state index >= 15 is 0 Å². The van der Waals surface area contributed by atoms with E-state index in [-0.39, 0.29) is 11.5 Å². The second kappa shape index (κ2) is 16.0. The molecule has 0 atom stereocenters. The Balaban J connectivity index is 1.52. The van der Waals surface area contributed by atoms with Gasteiger partial charge in [0.25, 0.3) is 5.91 Å². The number of carbonyl (C=O) groups is 1. The molecule has 3 aromatic carbocycles. The van der Waals surface area contributed by atoms with Crippen LogP contribution in [0.25, 0.3) is 0 Å². The second-order valence-electron chi connectivity index (χ2n) is 9.20. The van der Waals surface area contributed by atoms with Crippen LogP contribution in [0.2, 0.25) is 0 Å². The molecule has 208 valence electrons. The number of aryl methyl sites for hydroxylation is 1. The third-order valence-electron chi connectivity index (χ3n) is 6.35. The number of carbonyl (C=O) groups excluding carboxylic acids is 1. The van der Waals surface area contributed by atoms with Gasteiger partial charge in [-0.3, -0.25) is 20.0 Å². The molecule has 0 aromatic heterocycles. The maximum Gasteiger partial charge on any atom is 0.258 e. The van der Waals surface area contributed by atoms with Gasteiger partial charge in [-0.2, -0.15) is 0 Å². The molecule has 0 unspecified atom stereocenters. The molecule has 9 heteroatoms. The van der Waals surface area contributed by atoms with E-state index < -0.39 is 11.7 Å². The van der Waals surface area contributed by atoms with Crippen molar-refractivity contribution in [1.29, 1.82) is 0 Å². The molecule has 0 heterocycles. The molecule has 0 bridgehead atoms. The van der Waals surface area contributed by atoms with Gasteiger partial charge in [-0.25, -0.2) is 4.39 Å². The van der Waals surface area contributed by atoms with Crippen molar-refractivity contribution in [3.05, 3.63) is 99.3 Å². The van der Waals surface area contributed by atoms with E-state index in [0.29, 0.717) is 37.2 Å². The third kappa shape index (κ3) is 9.76. The first kappa shape index (κ1) is 30.3. The molecule has 0 aliphatic heterocycles. The normalized spacial score (nSPS) is 11.6. The number of amides is 1. The van der Waals surface area contributed by atoms with E-state index in [4.69, 9.17) is 16.2 Å². The molecule has 0 aliphatic rings. The van der Waals surface area contributed by atoms with E-state index in [9.17, 15) is 9.18 Å². The molecule has 7 nitrogen and oxygen atoms in total. The first-order valence-corrected chi connectivity index (χ1v) is 13.9. The molecule has 0 radical (unpaired) electrons. The van der Waals surface area contributed by atoms with E-state index in [2.05, 4.69) is 43.3 Å². The number of unbranched alkanes of at least 4 members (excludes halogenated alkanes) is 1. The van der Waals surface area contributed by atoms with Gasteiger partial charge in [0.15, 0.2) is 5.96 Å². The average molecular weight is 599 g/mol. The summed E-state index contributed by atoms with van der Waals surface area (Å²) in [5.74, 6) is -0.191. The summed E-state index contributed by atoms with van der Waals surface area (Å²) >= 11 is 3.46. The van der Waals surface area contributed by atoms with Gasteiger partial charge >= 0.3 is 0 Å². The van der Waals surface area contributed by atoms with Crippen molar-refractivity contribution >= 4 is 27.8 Å². The summed E-state index contributed by atoms with van der Waals surface area (Å²) in [5.41, 5.74) is 14.5. The average Bonchev–Trinajstić information content (AvgIpc) is 2.92. The van der Waals surface area contributed by atoms with E-state index in [1.54, 1.807) is 13.2 Å². The zero-order chi connectivity index (χ0) is 28.0. The highest BCUT2D eigenvalue weighted by atomic mass is 79.9. The second-order valence-corrected chi connectivity index (χ2v) is 10.1. The number of benzene rings is 3. The summed E-state index contributed by atoms with van der Waals surface area (Å²) in [6.07, 6.45) is 2.55. The van der Waals surface area contributed by atoms with Crippen LogP contribution in [0.1, 0.15) is 39.9 Å². The summed E-state index contributed by atoms with van der Waals surface area (Å²) < 4.78 is 21.1. The zero-order valence-electron chi connectivity index (χ0n) is 22.3. The Morgan fingerprint density at radius 2 is 1.85 bits per heavy atom. The Bertz CT molecular complexity index is 1240. The number of nitrogens with one attached hydrogen (secondary N) is 1. The molecule has 1 amide bonds. The Kier molecular flexibility index (Phi) is 12.4. The minimum Gasteiger partial charge on any atom is -0.496 e. The maximum absolute atomic E-state index is 14.8. The van der Waals surface area contributed by atoms with Crippen LogP contribution in [-0.2, 0) is 19.4 Å². The van der Waals surface area contributed by atoms with Crippen LogP contribution in [0.15, 0.2) is 76.2 Å². The summed E-state index contributed by atoms with van der Waals surface area (Å²) in [6, 6.07) is 20.4. The first-order valence-electron chi connectivity index (χ1n) is 13.1. The highest BCUT2D eigenvalue weighted by molar-refractivity contribution is 9.10. The van der Waals surface area contributed by atoms with Crippen molar-refractivity contribution in [2.24, 2.45) is 16.5 Å². The van der Waals surface area contributed by atoms with Gasteiger partial charge in [0.2, 0.25) is 0 Å². The van der Waals surface area contributed by atoms with Crippen LogP contribution < -0.4 is 21.5 Å². The van der Waals surface area contributed by atoms with Crippen LogP contribution >= 0.6 is 15.9 Å². The summed E-state index contributed by atoms with van der Waals surface area (Å²) in [7, 11) is 1.59. The molecular formula is C30H37BrFN5O2. The van der Waals surface area contributed by atoms with Crippen LogP contribution in [0.5, 0.6) is 5.75 Å². The lowest BCUT2D eigenvalue weighted by molar-refractivity contribution is 0.0975. The van der Waals surface area contributed by atoms with Crippen molar-refractivity contribution < 1.29 is 13.9 Å². The Morgan fingerprint density at radius 3 is 2.59 bits per heavy atom. The highest BCUT2D eigenvalue weighted by Crippen LogP contribution is 2.25. The quantitative estimate of drug-likeness (QED) is 0.142. The van der Waals surface area contributed by atoms with Crippen LogP contribution in [0.4, 0.5) is 4.39 Å². The van der Waals surface area contributed by atoms with Gasteiger partial charge in [0, 0.05) is 41.8 Å². The predicted molar refractivity (Wildman–Crippen MR) is 158 cm³/mol. The van der Waals surface area contributed by atoms with Gasteiger partial charge < -0.3 is 16.2 Å². The van der Waals surface area contributed by atoms with Crippen LogP contribution in [-0.4, -0.2) is 50.1 Å². The zero-order valence-corrected chi connectivity index (χ0v) is 23.9. The lowest BCUT2D eigenvalue weighted by Gasteiger charge is -2.21. The summed E-state index contributed by atoms with van der Waals surface area (Å²) in [4.78, 5) is 19.6. The van der Waals surface area contributed by atoms with Gasteiger partial charge in [0.1, 0.15) is 11.6 Å². The lowest BCUT2D eigenvalue weighted by Crippen LogP contribution is -2.37. The number of methoxy groups -OCH3 is 1. The number of rotatable bonds is 14. The standard InChI is InChI=1S/C30H37BrFN5O2/c1-39-28-15-13-24(31)20-23(28)12-14-25-26(10-7-11-27(25)32)29(38)36-30(34)35-17-5-6-18-37(19-16-33)21-22-8-3-2-4-9-22/h2-4,7-11,13,15,20H,5-6,12,14,16-19,21,33H2,1H3,(H3,34,35,36,38). The maximum atomic E-state index is 14.8. The fourth-order valence-corrected chi connectivity index (χ4v) is 4.80. The van der Waals surface area contributed by atoms with Gasteiger partial charge in [-0.15, -0.1) is 0 Å². The number of hydrogen-bond acceptors (Lipinski definition) is 5. The van der Waals surface area contributed by atoms with Crippen LogP contribution in [0.3, 0.4) is 0 Å². The Labute approximate surface area is 238 Å². The van der Waals surface area contributed by atoms with Crippen LogP contribution in [0, 0.1) is 5.82 Å². The highest BCUT2D eigenvalue weighted by Gasteiger charge is 2.17. The van der Waals surface area contributed by atoms with Gasteiger partial charge in [-0.1, -0.05) is 52.3 Å². The number of ether oxygens (including phenoxy) is 1. The van der Waals surface area contributed by atoms with Crippen molar-refractivity contribution in [2.75, 3.05) is 33.3 Å². The number of nitrogens with zero attached hydrogens (tertiary/aromatic N) is 2.